The summed E-state index contributed by atoms with van der Waals surface area (Å²) in [5.41, 5.74) is 1.92. The van der Waals surface area contributed by atoms with E-state index in [-0.39, 0.29) is 5.91 Å². The average molecular weight is 274 g/mol. The fourth-order valence-electron chi connectivity index (χ4n) is 1.89. The lowest BCUT2D eigenvalue weighted by Gasteiger charge is -2.20. The third-order valence-corrected chi connectivity index (χ3v) is 3.39. The van der Waals surface area contributed by atoms with Crippen LogP contribution in [0.2, 0.25) is 0 Å². The molecule has 2 aromatic rings. The molecule has 19 heavy (non-hydrogen) atoms. The maximum absolute atomic E-state index is 12.2. The van der Waals surface area contributed by atoms with Crippen LogP contribution in [0.1, 0.15) is 16.5 Å². The van der Waals surface area contributed by atoms with Crippen LogP contribution in [0.4, 0.5) is 0 Å². The molecule has 0 saturated heterocycles. The Hall–Kier alpha value is -1.80. The minimum atomic E-state index is -0.630. The zero-order valence-corrected chi connectivity index (χ0v) is 11.5. The summed E-state index contributed by atoms with van der Waals surface area (Å²) in [5.74, 6) is -0.0864. The van der Waals surface area contributed by atoms with Gasteiger partial charge in [-0.2, -0.15) is 0 Å². The number of alkyl halides is 1. The first-order valence-corrected chi connectivity index (χ1v) is 6.60. The number of hydrogen-bond acceptors (Lipinski definition) is 1. The highest BCUT2D eigenvalue weighted by Gasteiger charge is 2.21. The molecule has 0 aromatic heterocycles. The molecule has 0 aliphatic carbocycles. The summed E-state index contributed by atoms with van der Waals surface area (Å²) in [4.78, 5) is 13.9. The molecule has 2 aromatic carbocycles. The Bertz CT molecular complexity index is 527. The first kappa shape index (κ1) is 13.6. The van der Waals surface area contributed by atoms with Crippen LogP contribution in [-0.2, 0) is 11.3 Å². The van der Waals surface area contributed by atoms with E-state index in [0.717, 1.165) is 11.1 Å². The van der Waals surface area contributed by atoms with E-state index in [1.807, 2.05) is 60.7 Å². The molecule has 0 aliphatic heterocycles. The van der Waals surface area contributed by atoms with Gasteiger partial charge in [0.25, 0.3) is 0 Å². The summed E-state index contributed by atoms with van der Waals surface area (Å²) < 4.78 is 0. The topological polar surface area (TPSA) is 20.3 Å². The summed E-state index contributed by atoms with van der Waals surface area (Å²) in [6, 6.07) is 19.3. The molecule has 2 rings (SSSR count). The Morgan fingerprint density at radius 3 is 2.16 bits per heavy atom. The lowest BCUT2D eigenvalue weighted by molar-refractivity contribution is -0.130. The molecule has 0 radical (unpaired) electrons. The van der Waals surface area contributed by atoms with Gasteiger partial charge in [-0.3, -0.25) is 4.79 Å². The van der Waals surface area contributed by atoms with Gasteiger partial charge in [-0.1, -0.05) is 60.7 Å². The minimum Gasteiger partial charge on any atom is -0.340 e. The molecule has 1 unspecified atom stereocenters. The van der Waals surface area contributed by atoms with Gasteiger partial charge in [0.05, 0.1) is 0 Å². The Morgan fingerprint density at radius 1 is 1.05 bits per heavy atom. The SMILES string of the molecule is CN(Cc1ccccc1)C(=O)C(Cl)c1ccccc1. The molecular weight excluding hydrogens is 258 g/mol. The summed E-state index contributed by atoms with van der Waals surface area (Å²) in [7, 11) is 1.77. The molecule has 0 spiro atoms. The fraction of sp³-hybridized carbons (Fsp3) is 0.188. The van der Waals surface area contributed by atoms with Crippen molar-refractivity contribution in [2.24, 2.45) is 0 Å². The molecule has 0 heterocycles. The van der Waals surface area contributed by atoms with E-state index in [4.69, 9.17) is 11.6 Å². The zero-order valence-electron chi connectivity index (χ0n) is 10.8. The molecule has 3 heteroatoms. The predicted octanol–water partition coefficient (Wildman–Crippen LogP) is 3.63. The van der Waals surface area contributed by atoms with Gasteiger partial charge in [-0.05, 0) is 11.1 Å². The van der Waals surface area contributed by atoms with Crippen LogP contribution in [0, 0.1) is 0 Å². The lowest BCUT2D eigenvalue weighted by Crippen LogP contribution is -2.29. The van der Waals surface area contributed by atoms with Gasteiger partial charge in [0, 0.05) is 13.6 Å². The summed E-state index contributed by atoms with van der Waals surface area (Å²) in [6.45, 7) is 0.565. The first-order valence-electron chi connectivity index (χ1n) is 6.16. The second-order valence-corrected chi connectivity index (χ2v) is 4.89. The maximum Gasteiger partial charge on any atom is 0.245 e. The van der Waals surface area contributed by atoms with Crippen LogP contribution in [0.3, 0.4) is 0 Å². The summed E-state index contributed by atoms with van der Waals surface area (Å²) in [6.07, 6.45) is 0. The van der Waals surface area contributed by atoms with Gasteiger partial charge in [0.1, 0.15) is 5.38 Å². The summed E-state index contributed by atoms with van der Waals surface area (Å²) >= 11 is 6.23. The number of amides is 1. The van der Waals surface area contributed by atoms with Crippen LogP contribution in [-0.4, -0.2) is 17.9 Å². The zero-order chi connectivity index (χ0) is 13.7. The molecule has 0 bridgehead atoms. The number of carbonyl (C=O) groups is 1. The Balaban J connectivity index is 2.03. The third-order valence-electron chi connectivity index (χ3n) is 2.95. The molecule has 0 fully saturated rings. The van der Waals surface area contributed by atoms with E-state index >= 15 is 0 Å². The van der Waals surface area contributed by atoms with Gasteiger partial charge in [0.15, 0.2) is 0 Å². The highest BCUT2D eigenvalue weighted by molar-refractivity contribution is 6.30. The highest BCUT2D eigenvalue weighted by atomic mass is 35.5. The van der Waals surface area contributed by atoms with E-state index in [9.17, 15) is 4.79 Å². The van der Waals surface area contributed by atoms with Crippen molar-refractivity contribution < 1.29 is 4.79 Å². The molecule has 0 saturated carbocycles. The van der Waals surface area contributed by atoms with Gasteiger partial charge >= 0.3 is 0 Å². The van der Waals surface area contributed by atoms with Crippen molar-refractivity contribution in [1.29, 1.82) is 0 Å². The van der Waals surface area contributed by atoms with Crippen LogP contribution >= 0.6 is 11.6 Å². The van der Waals surface area contributed by atoms with E-state index in [1.54, 1.807) is 11.9 Å². The average Bonchev–Trinajstić information content (AvgIpc) is 2.47. The van der Waals surface area contributed by atoms with Gasteiger partial charge in [-0.15, -0.1) is 11.6 Å². The predicted molar refractivity (Wildman–Crippen MR) is 78.0 cm³/mol. The first-order chi connectivity index (χ1) is 9.18. The van der Waals surface area contributed by atoms with Crippen molar-refractivity contribution in [2.75, 3.05) is 7.05 Å². The Morgan fingerprint density at radius 2 is 1.58 bits per heavy atom. The second kappa shape index (κ2) is 6.39. The lowest BCUT2D eigenvalue weighted by atomic mass is 10.1. The smallest absolute Gasteiger partial charge is 0.245 e. The highest BCUT2D eigenvalue weighted by Crippen LogP contribution is 2.22. The van der Waals surface area contributed by atoms with E-state index in [0.29, 0.717) is 6.54 Å². The van der Waals surface area contributed by atoms with Crippen molar-refractivity contribution in [3.8, 4) is 0 Å². The van der Waals surface area contributed by atoms with E-state index in [1.165, 1.54) is 0 Å². The largest absolute Gasteiger partial charge is 0.340 e. The second-order valence-electron chi connectivity index (χ2n) is 4.45. The van der Waals surface area contributed by atoms with Gasteiger partial charge in [-0.25, -0.2) is 0 Å². The van der Waals surface area contributed by atoms with E-state index < -0.39 is 5.38 Å². The Kier molecular flexibility index (Phi) is 4.58. The van der Waals surface area contributed by atoms with Crippen LogP contribution in [0.15, 0.2) is 60.7 Å². The molecule has 0 N–H and O–H groups in total. The quantitative estimate of drug-likeness (QED) is 0.779. The third kappa shape index (κ3) is 3.58. The van der Waals surface area contributed by atoms with E-state index in [2.05, 4.69) is 0 Å². The number of nitrogens with zero attached hydrogens (tertiary/aromatic N) is 1. The number of rotatable bonds is 4. The Labute approximate surface area is 118 Å². The van der Waals surface area contributed by atoms with Gasteiger partial charge < -0.3 is 4.90 Å². The van der Waals surface area contributed by atoms with Crippen LogP contribution < -0.4 is 0 Å². The molecule has 2 nitrogen and oxygen atoms in total. The number of carbonyl (C=O) groups excluding carboxylic acids is 1. The molecule has 1 amide bonds. The number of hydrogen-bond donors (Lipinski definition) is 0. The van der Waals surface area contributed by atoms with Crippen molar-refractivity contribution >= 4 is 17.5 Å². The molecule has 1 atom stereocenters. The van der Waals surface area contributed by atoms with Crippen molar-refractivity contribution in [1.82, 2.24) is 4.90 Å². The van der Waals surface area contributed by atoms with Crippen molar-refractivity contribution in [2.45, 2.75) is 11.9 Å². The van der Waals surface area contributed by atoms with Crippen LogP contribution in [0.5, 0.6) is 0 Å². The van der Waals surface area contributed by atoms with Crippen molar-refractivity contribution in [3.63, 3.8) is 0 Å². The molecular formula is C16H16ClNO. The summed E-state index contributed by atoms with van der Waals surface area (Å²) in [5, 5.41) is -0.630. The standard InChI is InChI=1S/C16H16ClNO/c1-18(12-13-8-4-2-5-9-13)16(19)15(17)14-10-6-3-7-11-14/h2-11,15H,12H2,1H3. The maximum atomic E-state index is 12.2. The van der Waals surface area contributed by atoms with Crippen molar-refractivity contribution in [3.05, 3.63) is 71.8 Å². The molecule has 98 valence electrons. The van der Waals surface area contributed by atoms with Gasteiger partial charge in [0.2, 0.25) is 5.91 Å². The van der Waals surface area contributed by atoms with Crippen LogP contribution in [0.25, 0.3) is 0 Å². The number of likely N-dealkylation sites (N-methyl/N-ethyl adjacent to an activating group) is 1. The monoisotopic (exact) mass is 273 g/mol. The minimum absolute atomic E-state index is 0.0864. The normalized spacial score (nSPS) is 11.9. The molecule has 0 aliphatic rings. The number of halogens is 1. The fourth-order valence-corrected chi connectivity index (χ4v) is 2.21. The number of benzene rings is 2.